The second kappa shape index (κ2) is 9.44. The molecule has 96 valence electrons. The first-order valence-corrected chi connectivity index (χ1v) is 5.47. The van der Waals surface area contributed by atoms with E-state index in [2.05, 4.69) is 10.5 Å². The minimum absolute atomic E-state index is 0.0220. The van der Waals surface area contributed by atoms with Gasteiger partial charge in [0.05, 0.1) is 0 Å². The fourth-order valence-corrected chi connectivity index (χ4v) is 1.18. The highest BCUT2D eigenvalue weighted by molar-refractivity contribution is 5.83. The Morgan fingerprint density at radius 3 is 2.29 bits per heavy atom. The SMILES string of the molecule is NC(=O)CCCCCNC(=O)CCC(=O)N=O. The van der Waals surface area contributed by atoms with E-state index in [1.807, 2.05) is 0 Å². The maximum atomic E-state index is 11.1. The van der Waals surface area contributed by atoms with Crippen LogP contribution in [0.15, 0.2) is 5.18 Å². The number of hydrogen-bond donors (Lipinski definition) is 2. The third-order valence-electron chi connectivity index (χ3n) is 2.09. The van der Waals surface area contributed by atoms with Crippen molar-refractivity contribution in [3.05, 3.63) is 4.91 Å². The van der Waals surface area contributed by atoms with Crippen molar-refractivity contribution in [2.45, 2.75) is 38.5 Å². The van der Waals surface area contributed by atoms with Gasteiger partial charge in [0.1, 0.15) is 0 Å². The van der Waals surface area contributed by atoms with E-state index in [9.17, 15) is 19.3 Å². The van der Waals surface area contributed by atoms with E-state index in [0.29, 0.717) is 19.4 Å². The van der Waals surface area contributed by atoms with Crippen molar-refractivity contribution in [3.8, 4) is 0 Å². The lowest BCUT2D eigenvalue weighted by atomic mass is 10.2. The molecule has 7 nitrogen and oxygen atoms in total. The Morgan fingerprint density at radius 1 is 1.00 bits per heavy atom. The number of amides is 3. The summed E-state index contributed by atoms with van der Waals surface area (Å²) in [4.78, 5) is 41.8. The second-order valence-corrected chi connectivity index (χ2v) is 3.61. The van der Waals surface area contributed by atoms with Crippen LogP contribution in [0.3, 0.4) is 0 Å². The maximum Gasteiger partial charge on any atom is 0.286 e. The zero-order valence-electron chi connectivity index (χ0n) is 9.61. The average Bonchev–Trinajstić information content (AvgIpc) is 2.30. The van der Waals surface area contributed by atoms with Crippen LogP contribution in [0.1, 0.15) is 38.5 Å². The Hall–Kier alpha value is -1.79. The third kappa shape index (κ3) is 10.5. The van der Waals surface area contributed by atoms with Gasteiger partial charge in [0, 0.05) is 31.0 Å². The van der Waals surface area contributed by atoms with Crippen LogP contribution in [0.25, 0.3) is 0 Å². The summed E-state index contributed by atoms with van der Waals surface area (Å²) in [6.45, 7) is 0.486. The number of carbonyl (C=O) groups is 3. The molecule has 0 aromatic heterocycles. The lowest BCUT2D eigenvalue weighted by molar-refractivity contribution is -0.125. The maximum absolute atomic E-state index is 11.1. The third-order valence-corrected chi connectivity index (χ3v) is 2.09. The number of nitrogens with two attached hydrogens (primary N) is 1. The lowest BCUT2D eigenvalue weighted by Crippen LogP contribution is -2.24. The molecule has 0 aliphatic heterocycles. The van der Waals surface area contributed by atoms with E-state index in [0.717, 1.165) is 12.8 Å². The lowest BCUT2D eigenvalue weighted by Gasteiger charge is -2.03. The van der Waals surface area contributed by atoms with Crippen molar-refractivity contribution in [1.29, 1.82) is 0 Å². The molecule has 0 radical (unpaired) electrons. The molecule has 0 saturated carbocycles. The number of carbonyl (C=O) groups excluding carboxylic acids is 3. The molecule has 0 aliphatic carbocycles. The van der Waals surface area contributed by atoms with Crippen LogP contribution in [-0.2, 0) is 14.4 Å². The summed E-state index contributed by atoms with van der Waals surface area (Å²) >= 11 is 0. The van der Waals surface area contributed by atoms with Crippen molar-refractivity contribution in [1.82, 2.24) is 5.32 Å². The van der Waals surface area contributed by atoms with Crippen molar-refractivity contribution < 1.29 is 14.4 Å². The van der Waals surface area contributed by atoms with Gasteiger partial charge in [0.25, 0.3) is 5.91 Å². The van der Waals surface area contributed by atoms with E-state index < -0.39 is 5.91 Å². The zero-order valence-corrected chi connectivity index (χ0v) is 9.61. The number of unbranched alkanes of at least 4 members (excludes halogenated alkanes) is 2. The molecule has 0 spiro atoms. The Balaban J connectivity index is 3.36. The fourth-order valence-electron chi connectivity index (χ4n) is 1.18. The molecule has 0 aromatic carbocycles. The topological polar surface area (TPSA) is 119 Å². The van der Waals surface area contributed by atoms with Crippen molar-refractivity contribution >= 4 is 17.7 Å². The zero-order chi connectivity index (χ0) is 13.1. The van der Waals surface area contributed by atoms with Gasteiger partial charge in [-0.1, -0.05) is 6.42 Å². The fraction of sp³-hybridized carbons (Fsp3) is 0.700. The molecule has 0 heterocycles. The summed E-state index contributed by atoms with van der Waals surface area (Å²) in [5.74, 6) is -1.42. The highest BCUT2D eigenvalue weighted by atomic mass is 16.3. The van der Waals surface area contributed by atoms with Gasteiger partial charge in [0.2, 0.25) is 11.8 Å². The Morgan fingerprint density at radius 2 is 1.71 bits per heavy atom. The standard InChI is InChI=1S/C10H17N3O4/c11-8(14)4-2-1-3-7-12-9(15)5-6-10(16)13-17/h1-7H2,(H2,11,14)(H,12,15). The average molecular weight is 243 g/mol. The van der Waals surface area contributed by atoms with Gasteiger partial charge in [-0.2, -0.15) is 0 Å². The minimum atomic E-state index is -0.818. The van der Waals surface area contributed by atoms with Crippen molar-refractivity contribution in [2.75, 3.05) is 6.54 Å². The molecular formula is C10H17N3O4. The second-order valence-electron chi connectivity index (χ2n) is 3.61. The van der Waals surface area contributed by atoms with E-state index in [1.54, 1.807) is 0 Å². The van der Waals surface area contributed by atoms with E-state index in [-0.39, 0.29) is 24.7 Å². The molecule has 0 rings (SSSR count). The molecule has 7 heteroatoms. The van der Waals surface area contributed by atoms with Gasteiger partial charge in [0.15, 0.2) is 0 Å². The monoisotopic (exact) mass is 243 g/mol. The molecule has 0 fully saturated rings. The first-order chi connectivity index (χ1) is 8.06. The molecule has 17 heavy (non-hydrogen) atoms. The van der Waals surface area contributed by atoms with Crippen LogP contribution in [0.5, 0.6) is 0 Å². The summed E-state index contributed by atoms with van der Waals surface area (Å²) in [7, 11) is 0. The molecule has 0 bridgehead atoms. The first kappa shape index (κ1) is 15.2. The van der Waals surface area contributed by atoms with Gasteiger partial charge < -0.3 is 11.1 Å². The number of nitrogens with one attached hydrogen (secondary N) is 1. The Labute approximate surface area is 99.1 Å². The number of primary amides is 1. The summed E-state index contributed by atoms with van der Waals surface area (Å²) in [5, 5.41) is 4.78. The number of nitroso groups, excluding NO2 is 1. The number of hydrogen-bond acceptors (Lipinski definition) is 4. The Kier molecular flexibility index (Phi) is 8.44. The van der Waals surface area contributed by atoms with Crippen LogP contribution in [0, 0.1) is 4.91 Å². The molecule has 0 unspecified atom stereocenters. The predicted molar refractivity (Wildman–Crippen MR) is 60.7 cm³/mol. The molecule has 3 N–H and O–H groups in total. The molecule has 0 aromatic rings. The predicted octanol–water partition coefficient (Wildman–Crippen LogP) is 0.221. The van der Waals surface area contributed by atoms with Gasteiger partial charge in [-0.25, -0.2) is 0 Å². The summed E-state index contributed by atoms with van der Waals surface area (Å²) in [5.41, 5.74) is 4.96. The van der Waals surface area contributed by atoms with Gasteiger partial charge >= 0.3 is 0 Å². The Bertz CT molecular complexity index is 291. The van der Waals surface area contributed by atoms with Gasteiger partial charge in [-0.3, -0.25) is 14.4 Å². The molecule has 0 saturated heterocycles. The van der Waals surface area contributed by atoms with E-state index in [1.165, 1.54) is 0 Å². The summed E-state index contributed by atoms with van der Waals surface area (Å²) in [6.07, 6.45) is 2.44. The molecular weight excluding hydrogens is 226 g/mol. The summed E-state index contributed by atoms with van der Waals surface area (Å²) < 4.78 is 0. The quantitative estimate of drug-likeness (QED) is 0.444. The number of rotatable bonds is 9. The molecule has 3 amide bonds. The van der Waals surface area contributed by atoms with Crippen LogP contribution < -0.4 is 11.1 Å². The highest BCUT2D eigenvalue weighted by Crippen LogP contribution is 1.98. The normalized spacial score (nSPS) is 9.65. The minimum Gasteiger partial charge on any atom is -0.370 e. The highest BCUT2D eigenvalue weighted by Gasteiger charge is 2.05. The largest absolute Gasteiger partial charge is 0.370 e. The summed E-state index contributed by atoms with van der Waals surface area (Å²) in [6, 6.07) is 0. The van der Waals surface area contributed by atoms with Gasteiger partial charge in [-0.05, 0) is 12.8 Å². The smallest absolute Gasteiger partial charge is 0.286 e. The number of nitrogens with zero attached hydrogens (tertiary/aromatic N) is 1. The van der Waals surface area contributed by atoms with Crippen LogP contribution in [-0.4, -0.2) is 24.3 Å². The van der Waals surface area contributed by atoms with Gasteiger partial charge in [-0.15, -0.1) is 4.91 Å². The van der Waals surface area contributed by atoms with Crippen LogP contribution in [0.4, 0.5) is 0 Å². The van der Waals surface area contributed by atoms with E-state index in [4.69, 9.17) is 5.73 Å². The van der Waals surface area contributed by atoms with Crippen molar-refractivity contribution in [3.63, 3.8) is 0 Å². The molecule has 0 aliphatic rings. The van der Waals surface area contributed by atoms with Crippen LogP contribution in [0.2, 0.25) is 0 Å². The first-order valence-electron chi connectivity index (χ1n) is 5.47. The van der Waals surface area contributed by atoms with Crippen molar-refractivity contribution in [2.24, 2.45) is 10.9 Å². The van der Waals surface area contributed by atoms with Crippen LogP contribution >= 0.6 is 0 Å². The molecule has 0 atom stereocenters. The van der Waals surface area contributed by atoms with E-state index >= 15 is 0 Å².